The summed E-state index contributed by atoms with van der Waals surface area (Å²) in [7, 11) is 1.42. The topological polar surface area (TPSA) is 107 Å². The number of aromatic nitrogens is 1. The van der Waals surface area contributed by atoms with E-state index in [-0.39, 0.29) is 47.5 Å². The van der Waals surface area contributed by atoms with E-state index in [1.165, 1.54) is 37.5 Å². The molecule has 2 atom stereocenters. The van der Waals surface area contributed by atoms with Crippen LogP contribution in [0.2, 0.25) is 5.02 Å². The normalized spacial score (nSPS) is 16.7. The monoisotopic (exact) mass is 585 g/mol. The highest BCUT2D eigenvalue weighted by Gasteiger charge is 2.56. The van der Waals surface area contributed by atoms with E-state index < -0.39 is 41.8 Å². The lowest BCUT2D eigenvalue weighted by molar-refractivity contribution is -0.265. The summed E-state index contributed by atoms with van der Waals surface area (Å²) in [6.45, 7) is 0.765. The largest absolute Gasteiger partial charge is 0.424 e. The van der Waals surface area contributed by atoms with Crippen molar-refractivity contribution in [3.05, 3.63) is 76.2 Å². The predicted molar refractivity (Wildman–Crippen MR) is 143 cm³/mol. The van der Waals surface area contributed by atoms with Gasteiger partial charge < -0.3 is 25.6 Å². The van der Waals surface area contributed by atoms with Crippen LogP contribution in [0.3, 0.4) is 0 Å². The second-order valence-electron chi connectivity index (χ2n) is 9.45. The Morgan fingerprint density at radius 2 is 2.02 bits per heavy atom. The minimum absolute atomic E-state index is 0.0185. The van der Waals surface area contributed by atoms with Crippen molar-refractivity contribution in [2.24, 2.45) is 5.73 Å². The Hall–Kier alpha value is -2.83. The van der Waals surface area contributed by atoms with Gasteiger partial charge in [-0.1, -0.05) is 23.8 Å². The molecule has 218 valence electrons. The number of pyridine rings is 1. The first kappa shape index (κ1) is 31.7. The molecule has 0 spiro atoms. The van der Waals surface area contributed by atoms with Crippen LogP contribution in [-0.2, 0) is 26.3 Å². The van der Waals surface area contributed by atoms with E-state index >= 15 is 0 Å². The minimum atomic E-state index is -5.23. The Balaban J connectivity index is 1.93. The smallest absolute Gasteiger partial charge is 0.378 e. The molecule has 1 aliphatic carbocycles. The van der Waals surface area contributed by atoms with Crippen molar-refractivity contribution in [1.29, 1.82) is 0 Å². The van der Waals surface area contributed by atoms with Gasteiger partial charge in [-0.2, -0.15) is 13.2 Å². The molecule has 1 aromatic carbocycles. The van der Waals surface area contributed by atoms with E-state index in [2.05, 4.69) is 10.3 Å². The molecule has 1 aromatic heterocycles. The Bertz CT molecular complexity index is 1250. The van der Waals surface area contributed by atoms with Gasteiger partial charge in [0.2, 0.25) is 5.60 Å². The van der Waals surface area contributed by atoms with Gasteiger partial charge in [-0.15, -0.1) is 0 Å². The number of rotatable bonds is 13. The molecule has 1 heterocycles. The first-order valence-electron chi connectivity index (χ1n) is 12.6. The molecule has 0 saturated heterocycles. The SMILES string of the molecule is COC(C)C=C(C=CCOC1CC1)C(=O)NCC(O)(c1cc(CCN)cc(-c2ccc(F)c(Cl)c2)n1)C(F)(F)F. The molecule has 1 amide bonds. The van der Waals surface area contributed by atoms with Gasteiger partial charge >= 0.3 is 6.18 Å². The number of aliphatic hydroxyl groups is 1. The second-order valence-corrected chi connectivity index (χ2v) is 9.86. The average molecular weight is 586 g/mol. The zero-order chi connectivity index (χ0) is 29.5. The fraction of sp³-hybridized carbons (Fsp3) is 0.429. The van der Waals surface area contributed by atoms with Crippen LogP contribution in [0.15, 0.2) is 54.1 Å². The van der Waals surface area contributed by atoms with Gasteiger partial charge in [-0.25, -0.2) is 9.37 Å². The van der Waals surface area contributed by atoms with E-state index in [4.69, 9.17) is 26.8 Å². The van der Waals surface area contributed by atoms with Gasteiger partial charge in [0.25, 0.3) is 5.91 Å². The van der Waals surface area contributed by atoms with Crippen molar-refractivity contribution in [3.8, 4) is 11.3 Å². The molecule has 1 fully saturated rings. The summed E-state index contributed by atoms with van der Waals surface area (Å²) in [6, 6.07) is 6.15. The first-order valence-corrected chi connectivity index (χ1v) is 13.0. The maximum Gasteiger partial charge on any atom is 0.424 e. The standard InChI is InChI=1S/C28H32ClF4N3O4/c1-17(39-2)12-20(4-3-11-40-21-6-7-21)26(37)35-16-27(38,28(31,32)33)25-14-18(9-10-34)13-24(36-25)19-5-8-23(30)22(29)15-19/h3-5,8,12-15,17,21,38H,6-7,9-11,16,34H2,1-2H3,(H,35,37). The van der Waals surface area contributed by atoms with Crippen molar-refractivity contribution in [3.63, 3.8) is 0 Å². The number of methoxy groups -OCH3 is 1. The number of nitrogens with zero attached hydrogens (tertiary/aromatic N) is 1. The van der Waals surface area contributed by atoms with E-state index in [0.717, 1.165) is 25.0 Å². The van der Waals surface area contributed by atoms with Crippen LogP contribution in [0.4, 0.5) is 17.6 Å². The molecular formula is C28H32ClF4N3O4. The number of carbonyl (C=O) groups is 1. The molecule has 7 nitrogen and oxygen atoms in total. The second kappa shape index (κ2) is 13.7. The number of nitrogens with two attached hydrogens (primary N) is 1. The lowest BCUT2D eigenvalue weighted by Gasteiger charge is -2.31. The summed E-state index contributed by atoms with van der Waals surface area (Å²) in [5.74, 6) is -1.57. The lowest BCUT2D eigenvalue weighted by atomic mass is 9.94. The summed E-state index contributed by atoms with van der Waals surface area (Å²) in [4.78, 5) is 17.0. The average Bonchev–Trinajstić information content (AvgIpc) is 3.74. The van der Waals surface area contributed by atoms with Crippen LogP contribution in [0.5, 0.6) is 0 Å². The summed E-state index contributed by atoms with van der Waals surface area (Å²) >= 11 is 5.86. The molecule has 1 saturated carbocycles. The maximum absolute atomic E-state index is 14.4. The number of halogens is 5. The number of ether oxygens (including phenoxy) is 2. The van der Waals surface area contributed by atoms with Gasteiger partial charge in [-0.05, 0) is 74.7 Å². The van der Waals surface area contributed by atoms with Crippen molar-refractivity contribution in [2.75, 3.05) is 26.8 Å². The van der Waals surface area contributed by atoms with Crippen molar-refractivity contribution in [1.82, 2.24) is 10.3 Å². The highest BCUT2D eigenvalue weighted by Crippen LogP contribution is 2.39. The molecule has 2 unspecified atom stereocenters. The van der Waals surface area contributed by atoms with Crippen LogP contribution >= 0.6 is 11.6 Å². The Morgan fingerprint density at radius 1 is 1.30 bits per heavy atom. The number of benzene rings is 1. The quantitative estimate of drug-likeness (QED) is 0.180. The highest BCUT2D eigenvalue weighted by atomic mass is 35.5. The molecule has 12 heteroatoms. The van der Waals surface area contributed by atoms with Crippen LogP contribution in [0.1, 0.15) is 31.0 Å². The van der Waals surface area contributed by atoms with E-state index in [1.807, 2.05) is 0 Å². The molecule has 4 N–H and O–H groups in total. The predicted octanol–water partition coefficient (Wildman–Crippen LogP) is 4.60. The van der Waals surface area contributed by atoms with E-state index in [9.17, 15) is 27.5 Å². The first-order chi connectivity index (χ1) is 18.9. The van der Waals surface area contributed by atoms with Crippen LogP contribution in [-0.4, -0.2) is 61.2 Å². The fourth-order valence-corrected chi connectivity index (χ4v) is 3.87. The molecule has 3 rings (SSSR count). The van der Waals surface area contributed by atoms with Crippen LogP contribution in [0.25, 0.3) is 11.3 Å². The zero-order valence-electron chi connectivity index (χ0n) is 22.1. The molecule has 1 aliphatic rings. The summed E-state index contributed by atoms with van der Waals surface area (Å²) < 4.78 is 67.6. The molecule has 0 aliphatic heterocycles. The third kappa shape index (κ3) is 8.34. The van der Waals surface area contributed by atoms with E-state index in [1.54, 1.807) is 13.0 Å². The highest BCUT2D eigenvalue weighted by molar-refractivity contribution is 6.31. The summed E-state index contributed by atoms with van der Waals surface area (Å²) in [5.41, 5.74) is 1.94. The zero-order valence-corrected chi connectivity index (χ0v) is 22.9. The molecule has 0 bridgehead atoms. The van der Waals surface area contributed by atoms with Crippen molar-refractivity contribution < 1.29 is 36.9 Å². The third-order valence-electron chi connectivity index (χ3n) is 6.23. The Morgan fingerprint density at radius 3 is 2.62 bits per heavy atom. The van der Waals surface area contributed by atoms with Gasteiger partial charge in [-0.3, -0.25) is 4.79 Å². The summed E-state index contributed by atoms with van der Waals surface area (Å²) in [6.07, 6.45) is 0.980. The Kier molecular flexibility index (Phi) is 10.8. The van der Waals surface area contributed by atoms with Crippen molar-refractivity contribution in [2.45, 2.75) is 50.2 Å². The van der Waals surface area contributed by atoms with Crippen LogP contribution < -0.4 is 11.1 Å². The minimum Gasteiger partial charge on any atom is -0.378 e. The van der Waals surface area contributed by atoms with Gasteiger partial charge in [0.1, 0.15) is 5.82 Å². The lowest BCUT2D eigenvalue weighted by Crippen LogP contribution is -2.51. The number of amides is 1. The number of nitrogens with one attached hydrogen (secondary N) is 1. The number of hydrogen-bond acceptors (Lipinski definition) is 6. The van der Waals surface area contributed by atoms with Gasteiger partial charge in [0.05, 0.1) is 41.8 Å². The van der Waals surface area contributed by atoms with E-state index in [0.29, 0.717) is 5.56 Å². The van der Waals surface area contributed by atoms with Crippen LogP contribution in [0, 0.1) is 5.82 Å². The fourth-order valence-electron chi connectivity index (χ4n) is 3.69. The number of hydrogen-bond donors (Lipinski definition) is 3. The van der Waals surface area contributed by atoms with Gasteiger partial charge in [0.15, 0.2) is 0 Å². The third-order valence-corrected chi connectivity index (χ3v) is 6.52. The number of carbonyl (C=O) groups excluding carboxylic acids is 1. The molecule has 2 aromatic rings. The van der Waals surface area contributed by atoms with Crippen molar-refractivity contribution >= 4 is 17.5 Å². The molecule has 40 heavy (non-hydrogen) atoms. The maximum atomic E-state index is 14.4. The summed E-state index contributed by atoms with van der Waals surface area (Å²) in [5, 5.41) is 13.0. The van der Waals surface area contributed by atoms with Gasteiger partial charge in [0, 0.05) is 18.2 Å². The molecule has 0 radical (unpaired) electrons. The Labute approximate surface area is 235 Å². The number of alkyl halides is 3. The molecular weight excluding hydrogens is 554 g/mol.